The van der Waals surface area contributed by atoms with Crippen molar-refractivity contribution in [2.45, 2.75) is 59.0 Å². The summed E-state index contributed by atoms with van der Waals surface area (Å²) in [6, 6.07) is 4.06. The van der Waals surface area contributed by atoms with Crippen LogP contribution in [0.4, 0.5) is 10.5 Å². The van der Waals surface area contributed by atoms with E-state index in [4.69, 9.17) is 9.47 Å². The summed E-state index contributed by atoms with van der Waals surface area (Å²) in [5, 5.41) is 2.82. The average molecular weight is 305 g/mol. The smallest absolute Gasteiger partial charge is 0.412 e. The van der Waals surface area contributed by atoms with Gasteiger partial charge < -0.3 is 9.47 Å². The minimum Gasteiger partial charge on any atom is -0.444 e. The molecule has 1 N–H and O–H groups in total. The Bertz CT molecular complexity index is 517. The lowest BCUT2D eigenvalue weighted by atomic mass is 9.85. The molecule has 0 aromatic heterocycles. The number of aryl methyl sites for hydroxylation is 2. The van der Waals surface area contributed by atoms with Crippen LogP contribution < -0.4 is 5.32 Å². The summed E-state index contributed by atoms with van der Waals surface area (Å²) in [5.41, 5.74) is 4.14. The van der Waals surface area contributed by atoms with Crippen LogP contribution in [0.2, 0.25) is 0 Å². The number of nitrogens with one attached hydrogen (secondary N) is 1. The molecular weight excluding hydrogens is 278 g/mol. The van der Waals surface area contributed by atoms with Crippen LogP contribution in [0.25, 0.3) is 0 Å². The molecule has 1 heterocycles. The first-order valence-electron chi connectivity index (χ1n) is 7.95. The van der Waals surface area contributed by atoms with Crippen molar-refractivity contribution in [2.75, 3.05) is 18.5 Å². The zero-order valence-electron chi connectivity index (χ0n) is 14.3. The van der Waals surface area contributed by atoms with E-state index in [-0.39, 0.29) is 0 Å². The maximum atomic E-state index is 11.9. The fraction of sp³-hybridized carbons (Fsp3) is 0.611. The van der Waals surface area contributed by atoms with Crippen LogP contribution in [0.5, 0.6) is 0 Å². The Balaban J connectivity index is 2.14. The van der Waals surface area contributed by atoms with E-state index < -0.39 is 11.7 Å². The van der Waals surface area contributed by atoms with Crippen LogP contribution in [0.3, 0.4) is 0 Å². The molecule has 1 aromatic carbocycles. The third kappa shape index (κ3) is 4.47. The lowest BCUT2D eigenvalue weighted by Gasteiger charge is -2.26. The maximum absolute atomic E-state index is 11.9. The van der Waals surface area contributed by atoms with Crippen molar-refractivity contribution in [1.29, 1.82) is 0 Å². The van der Waals surface area contributed by atoms with Gasteiger partial charge in [-0.25, -0.2) is 4.79 Å². The van der Waals surface area contributed by atoms with Gasteiger partial charge >= 0.3 is 6.09 Å². The lowest BCUT2D eigenvalue weighted by molar-refractivity contribution is 0.0636. The third-order valence-corrected chi connectivity index (χ3v) is 3.87. The van der Waals surface area contributed by atoms with Gasteiger partial charge in [0, 0.05) is 18.9 Å². The molecule has 1 fully saturated rings. The first-order chi connectivity index (χ1) is 10.3. The normalized spacial score (nSPS) is 16.4. The van der Waals surface area contributed by atoms with Crippen LogP contribution in [0.1, 0.15) is 56.2 Å². The molecule has 0 aliphatic carbocycles. The van der Waals surface area contributed by atoms with E-state index in [1.165, 1.54) is 16.7 Å². The first kappa shape index (κ1) is 16.8. The number of amides is 1. The minimum absolute atomic E-state index is 0.412. The van der Waals surface area contributed by atoms with Crippen molar-refractivity contribution in [2.24, 2.45) is 0 Å². The largest absolute Gasteiger partial charge is 0.444 e. The molecule has 0 atom stereocenters. The Labute approximate surface area is 133 Å². The molecule has 4 nitrogen and oxygen atoms in total. The van der Waals surface area contributed by atoms with Crippen LogP contribution in [-0.4, -0.2) is 24.9 Å². The quantitative estimate of drug-likeness (QED) is 0.872. The number of carbonyl (C=O) groups excluding carboxylic acids is 1. The Morgan fingerprint density at radius 1 is 1.18 bits per heavy atom. The van der Waals surface area contributed by atoms with Gasteiger partial charge in [0.05, 0.1) is 0 Å². The minimum atomic E-state index is -0.490. The van der Waals surface area contributed by atoms with Crippen molar-refractivity contribution in [3.05, 3.63) is 28.8 Å². The Morgan fingerprint density at radius 3 is 2.23 bits per heavy atom. The van der Waals surface area contributed by atoms with Gasteiger partial charge in [0.25, 0.3) is 0 Å². The molecule has 1 aliphatic rings. The lowest BCUT2D eigenvalue weighted by Crippen LogP contribution is -2.27. The zero-order valence-corrected chi connectivity index (χ0v) is 14.3. The summed E-state index contributed by atoms with van der Waals surface area (Å²) in [5.74, 6) is 0.560. The highest BCUT2D eigenvalue weighted by molar-refractivity contribution is 5.85. The molecule has 122 valence electrons. The molecule has 0 unspecified atom stereocenters. The number of carbonyl (C=O) groups is 1. The number of hydrogen-bond donors (Lipinski definition) is 1. The number of benzene rings is 1. The highest BCUT2D eigenvalue weighted by Crippen LogP contribution is 2.33. The predicted molar refractivity (Wildman–Crippen MR) is 88.6 cm³/mol. The highest BCUT2D eigenvalue weighted by Gasteiger charge is 2.21. The fourth-order valence-corrected chi connectivity index (χ4v) is 3.10. The third-order valence-electron chi connectivity index (χ3n) is 3.87. The number of ether oxygens (including phenoxy) is 2. The SMILES string of the molecule is Cc1cc(NC(=O)OC(C)(C)C)cc(C)c1C1CCOCC1. The van der Waals surface area contributed by atoms with Crippen molar-refractivity contribution in [3.8, 4) is 0 Å². The molecule has 1 aromatic rings. The van der Waals surface area contributed by atoms with Gasteiger partial charge in [0.15, 0.2) is 0 Å². The Morgan fingerprint density at radius 2 is 1.73 bits per heavy atom. The second-order valence-electron chi connectivity index (χ2n) is 7.04. The summed E-state index contributed by atoms with van der Waals surface area (Å²) >= 11 is 0. The summed E-state index contributed by atoms with van der Waals surface area (Å²) in [7, 11) is 0. The van der Waals surface area contributed by atoms with Crippen LogP contribution >= 0.6 is 0 Å². The van der Waals surface area contributed by atoms with E-state index in [1.807, 2.05) is 32.9 Å². The van der Waals surface area contributed by atoms with E-state index >= 15 is 0 Å². The van der Waals surface area contributed by atoms with Gasteiger partial charge in [-0.2, -0.15) is 0 Å². The van der Waals surface area contributed by atoms with Crippen LogP contribution in [0.15, 0.2) is 12.1 Å². The molecule has 22 heavy (non-hydrogen) atoms. The van der Waals surface area contributed by atoms with Crippen molar-refractivity contribution < 1.29 is 14.3 Å². The fourth-order valence-electron chi connectivity index (χ4n) is 3.10. The maximum Gasteiger partial charge on any atom is 0.412 e. The van der Waals surface area contributed by atoms with Gasteiger partial charge in [-0.05, 0) is 82.2 Å². The summed E-state index contributed by atoms with van der Waals surface area (Å²) in [6.07, 6.45) is 1.73. The molecule has 0 spiro atoms. The first-order valence-corrected chi connectivity index (χ1v) is 7.95. The van der Waals surface area contributed by atoms with Crippen LogP contribution in [-0.2, 0) is 9.47 Å². The molecule has 1 aliphatic heterocycles. The average Bonchev–Trinajstić information content (AvgIpc) is 2.36. The molecular formula is C18H27NO3. The van der Waals surface area contributed by atoms with Gasteiger partial charge in [0.1, 0.15) is 5.60 Å². The van der Waals surface area contributed by atoms with Crippen molar-refractivity contribution >= 4 is 11.8 Å². The monoisotopic (exact) mass is 305 g/mol. The molecule has 0 bridgehead atoms. The predicted octanol–water partition coefficient (Wildman–Crippen LogP) is 4.54. The molecule has 1 amide bonds. The Kier molecular flexibility index (Phi) is 5.12. The molecule has 0 radical (unpaired) electrons. The van der Waals surface area contributed by atoms with E-state index in [1.54, 1.807) is 0 Å². The van der Waals surface area contributed by atoms with E-state index in [9.17, 15) is 4.79 Å². The molecule has 1 saturated heterocycles. The van der Waals surface area contributed by atoms with Gasteiger partial charge in [-0.15, -0.1) is 0 Å². The standard InChI is InChI=1S/C18H27NO3/c1-12-10-15(19-17(20)22-18(3,4)5)11-13(2)16(12)14-6-8-21-9-7-14/h10-11,14H,6-9H2,1-5H3,(H,19,20). The highest BCUT2D eigenvalue weighted by atomic mass is 16.6. The van der Waals surface area contributed by atoms with Crippen molar-refractivity contribution in [3.63, 3.8) is 0 Å². The van der Waals surface area contributed by atoms with E-state index in [0.717, 1.165) is 31.7 Å². The number of anilines is 1. The van der Waals surface area contributed by atoms with Crippen LogP contribution in [0, 0.1) is 13.8 Å². The van der Waals surface area contributed by atoms with Gasteiger partial charge in [-0.1, -0.05) is 0 Å². The topological polar surface area (TPSA) is 47.6 Å². The number of rotatable bonds is 2. The van der Waals surface area contributed by atoms with E-state index in [2.05, 4.69) is 19.2 Å². The summed E-state index contributed by atoms with van der Waals surface area (Å²) < 4.78 is 10.8. The van der Waals surface area contributed by atoms with E-state index in [0.29, 0.717) is 5.92 Å². The zero-order chi connectivity index (χ0) is 16.3. The summed E-state index contributed by atoms with van der Waals surface area (Å²) in [6.45, 7) is 11.5. The summed E-state index contributed by atoms with van der Waals surface area (Å²) in [4.78, 5) is 11.9. The molecule has 2 rings (SSSR count). The van der Waals surface area contributed by atoms with Gasteiger partial charge in [-0.3, -0.25) is 5.32 Å². The number of hydrogen-bond acceptors (Lipinski definition) is 3. The second-order valence-corrected chi connectivity index (χ2v) is 7.04. The van der Waals surface area contributed by atoms with Gasteiger partial charge in [0.2, 0.25) is 0 Å². The Hall–Kier alpha value is -1.55. The second kappa shape index (κ2) is 6.69. The molecule has 0 saturated carbocycles. The molecule has 4 heteroatoms. The van der Waals surface area contributed by atoms with Crippen molar-refractivity contribution in [1.82, 2.24) is 0 Å².